The lowest BCUT2D eigenvalue weighted by Crippen LogP contribution is -2.45. The Morgan fingerprint density at radius 2 is 0.671 bits per heavy atom. The minimum absolute atomic E-state index is 0.0295. The zero-order valence-electron chi connectivity index (χ0n) is 86.5. The number of carbonyl (C=O) groups is 8. The summed E-state index contributed by atoms with van der Waals surface area (Å²) in [7, 11) is 11.4. The van der Waals surface area contributed by atoms with Crippen molar-refractivity contribution in [1.29, 1.82) is 0 Å². The van der Waals surface area contributed by atoms with Gasteiger partial charge in [-0.1, -0.05) is 183 Å². The van der Waals surface area contributed by atoms with Crippen LogP contribution in [0.2, 0.25) is 0 Å². The summed E-state index contributed by atoms with van der Waals surface area (Å²) in [5.74, 6) is 1.12. The van der Waals surface area contributed by atoms with Gasteiger partial charge >= 0.3 is 23.9 Å². The van der Waals surface area contributed by atoms with Crippen LogP contribution in [0.3, 0.4) is 0 Å². The highest BCUT2D eigenvalue weighted by molar-refractivity contribution is 5.82. The Hall–Kier alpha value is -12.7. The number of carboxylic acid groups (broad SMARTS) is 4. The number of para-hydroxylation sites is 5. The molecule has 143 heavy (non-hydrogen) atoms. The lowest BCUT2D eigenvalue weighted by atomic mass is 9.84. The fraction of sp³-hybridized carbons (Fsp3) is 0.500. The number of fused-ring (bicyclic) bond motifs is 1. The lowest BCUT2D eigenvalue weighted by Gasteiger charge is -2.28. The Bertz CT molecular complexity index is 4940. The Morgan fingerprint density at radius 1 is 0.357 bits per heavy atom. The van der Waals surface area contributed by atoms with Gasteiger partial charge in [0.05, 0.1) is 106 Å². The van der Waals surface area contributed by atoms with Crippen molar-refractivity contribution in [2.45, 2.75) is 180 Å². The van der Waals surface area contributed by atoms with Gasteiger partial charge in [0.25, 0.3) is 0 Å². The molecule has 8 aromatic rings. The second-order valence-corrected chi connectivity index (χ2v) is 35.6. The molecule has 5 aliphatic rings. The molecular weight excluding hydrogens is 1820 g/mol. The molecule has 5 heterocycles. The highest BCUT2D eigenvalue weighted by Crippen LogP contribution is 2.46. The maximum absolute atomic E-state index is 12.9. The number of rotatable bonds is 45. The van der Waals surface area contributed by atoms with Gasteiger partial charge in [-0.15, -0.1) is 0 Å². The zero-order chi connectivity index (χ0) is 104. The molecule has 8 aromatic carbocycles. The van der Waals surface area contributed by atoms with Crippen LogP contribution in [0.5, 0.6) is 57.5 Å². The van der Waals surface area contributed by atoms with Gasteiger partial charge in [-0.2, -0.15) is 0 Å². The standard InChI is InChI=1S/C27H34N2O7.C22H35N3O4.C22H34N2O4.C20H30N2O4.3C7H8O/c1-3-4-12-28-25(30)16-29-15-19(18-9-10-23-24(14-18)36-17-35-23)26(27(31)32)20(29)11-13-34-22-8-6-5-7-21(22)33-2;1-4-6-12-24(13-11-23)20(26)15-25-14-18(21(22(27)28)19(25)5-2)16-7-9-17(29-3)10-8-16;1-5-8-13-23(7-3)20(25)15-24-14-18(21(22(26)27)19(24)6-2)16-9-11-17(28-4)12-10-16;1-4-6-11-21-18(23)13-22-12-16(19(20(24)25)17(22)5-2)14-7-9-15(26-3)10-8-14;3*1-8-7-5-3-2-4-6-7/h5-10,14,19-20,26H,3-4,11-13,15-17H2,1-2H3,(H,28,30)(H,31,32);7-10,18-19,21H,4-6,11-15,23H2,1-3H3,(H,27,28);9-12,18-19,21H,5-8,13-15H2,1-4H3,(H,26,27);7-10,16-17,19H,4-6,11-13H2,1-3H3,(H,21,23)(H,24,25);3*2-6H,1H3/t19-,20+,26-;2*18-,19+,21-;16-,17+,19-;;;/m1111.../s1. The van der Waals surface area contributed by atoms with Crippen molar-refractivity contribution in [1.82, 2.24) is 40.0 Å². The molecule has 782 valence electrons. The normalized spacial score (nSPS) is 19.6. The van der Waals surface area contributed by atoms with Crippen molar-refractivity contribution in [2.24, 2.45) is 29.4 Å². The SMILES string of the molecule is CCCCN(CC)C(=O)CN1C[C@H](c2ccc(OC)cc2)[C@@H](C(=O)O)[C@@H]1CC.CCCCN(CCN)C(=O)CN1C[C@H](c2ccc(OC)cc2)[C@@H](C(=O)O)[C@@H]1CC.CCCCNC(=O)CN1C[C@H](c2ccc(OC)cc2)[C@@H](C(=O)O)[C@@H]1CC.CCCCNC(=O)CN1C[C@H](c2ccc3c(c2)OCO3)[C@@H](C(=O)O)[C@@H]1CCOc1ccccc1OC.COc1ccccc1.COc1ccccc1.COc1ccccc1. The number of amides is 4. The summed E-state index contributed by atoms with van der Waals surface area (Å²) in [6.45, 7) is 24.2. The highest BCUT2D eigenvalue weighted by Gasteiger charge is 2.51. The second-order valence-electron chi connectivity index (χ2n) is 35.6. The van der Waals surface area contributed by atoms with Gasteiger partial charge in [-0.05, 0) is 178 Å². The molecule has 4 fully saturated rings. The molecule has 0 spiro atoms. The summed E-state index contributed by atoms with van der Waals surface area (Å²) >= 11 is 0. The van der Waals surface area contributed by atoms with Crippen LogP contribution < -0.4 is 63.7 Å². The number of carbonyl (C=O) groups excluding carboxylic acids is 4. The van der Waals surface area contributed by atoms with Crippen molar-refractivity contribution >= 4 is 47.5 Å². The summed E-state index contributed by atoms with van der Waals surface area (Å²) in [5, 5.41) is 45.9. The molecule has 0 bridgehead atoms. The van der Waals surface area contributed by atoms with Crippen LogP contribution in [0.25, 0.3) is 0 Å². The summed E-state index contributed by atoms with van der Waals surface area (Å²) in [6.07, 6.45) is 10.4. The van der Waals surface area contributed by atoms with Crippen LogP contribution in [0.4, 0.5) is 0 Å². The van der Waals surface area contributed by atoms with E-state index in [0.29, 0.717) is 114 Å². The van der Waals surface area contributed by atoms with Crippen molar-refractivity contribution in [2.75, 3.05) is 161 Å². The third-order valence-electron chi connectivity index (χ3n) is 26.6. The molecule has 4 amide bonds. The molecule has 0 radical (unpaired) electrons. The molecule has 8 N–H and O–H groups in total. The zero-order valence-corrected chi connectivity index (χ0v) is 86.5. The van der Waals surface area contributed by atoms with E-state index < -0.39 is 47.5 Å². The number of unbranched alkanes of at least 4 members (excludes halogenated alkanes) is 4. The van der Waals surface area contributed by atoms with Gasteiger partial charge in [-0.3, -0.25) is 58.0 Å². The molecule has 31 nitrogen and oxygen atoms in total. The number of benzene rings is 8. The number of aliphatic carboxylic acids is 4. The van der Waals surface area contributed by atoms with Crippen molar-refractivity contribution in [3.8, 4) is 57.5 Å². The average molecular weight is 1980 g/mol. The minimum atomic E-state index is -0.895. The van der Waals surface area contributed by atoms with Crippen molar-refractivity contribution in [3.05, 3.63) is 229 Å². The first-order valence-corrected chi connectivity index (χ1v) is 50.3. The molecule has 12 atom stereocenters. The first-order chi connectivity index (χ1) is 69.2. The number of carboxylic acids is 4. The average Bonchev–Trinajstić information content (AvgIpc) is 1.60. The van der Waals surface area contributed by atoms with Gasteiger partial charge < -0.3 is 94.0 Å². The number of hydrogen-bond donors (Lipinski definition) is 7. The third-order valence-corrected chi connectivity index (χ3v) is 26.6. The number of ether oxygens (including phenoxy) is 10. The summed E-state index contributed by atoms with van der Waals surface area (Å²) in [4.78, 5) is 111. The van der Waals surface area contributed by atoms with E-state index in [1.165, 1.54) is 0 Å². The predicted molar refractivity (Wildman–Crippen MR) is 555 cm³/mol. The number of hydrogen-bond acceptors (Lipinski definition) is 23. The van der Waals surface area contributed by atoms with E-state index in [9.17, 15) is 58.8 Å². The van der Waals surface area contributed by atoms with Gasteiger partial charge in [0.15, 0.2) is 23.0 Å². The van der Waals surface area contributed by atoms with Gasteiger partial charge in [-0.25, -0.2) is 0 Å². The van der Waals surface area contributed by atoms with E-state index >= 15 is 0 Å². The van der Waals surface area contributed by atoms with E-state index in [1.807, 2.05) is 258 Å². The van der Waals surface area contributed by atoms with Crippen LogP contribution in [0.1, 0.15) is 178 Å². The Labute approximate surface area is 846 Å². The Morgan fingerprint density at radius 3 is 1.01 bits per heavy atom. The van der Waals surface area contributed by atoms with E-state index in [0.717, 1.165) is 115 Å². The van der Waals surface area contributed by atoms with Crippen LogP contribution in [0, 0.1) is 23.7 Å². The molecule has 0 aliphatic carbocycles. The number of likely N-dealkylation sites (tertiary alicyclic amines) is 4. The molecule has 5 aliphatic heterocycles. The third kappa shape index (κ3) is 36.3. The van der Waals surface area contributed by atoms with Crippen LogP contribution in [-0.2, 0) is 38.4 Å². The summed E-state index contributed by atoms with van der Waals surface area (Å²) in [6, 6.07) is 63.9. The highest BCUT2D eigenvalue weighted by atomic mass is 16.7. The number of nitrogens with two attached hydrogens (primary N) is 1. The molecule has 31 heteroatoms. The summed E-state index contributed by atoms with van der Waals surface area (Å²) in [5.41, 5.74) is 9.48. The largest absolute Gasteiger partial charge is 0.497 e. The van der Waals surface area contributed by atoms with Crippen LogP contribution >= 0.6 is 0 Å². The second kappa shape index (κ2) is 64.1. The predicted octanol–water partition coefficient (Wildman–Crippen LogP) is 16.2. The number of nitrogens with zero attached hydrogens (tertiary/aromatic N) is 6. The molecule has 4 saturated heterocycles. The van der Waals surface area contributed by atoms with Gasteiger partial charge in [0, 0.05) is 120 Å². The first kappa shape index (κ1) is 117. The fourth-order valence-corrected chi connectivity index (χ4v) is 19.1. The van der Waals surface area contributed by atoms with E-state index in [1.54, 1.807) is 49.8 Å². The lowest BCUT2D eigenvalue weighted by molar-refractivity contribution is -0.144. The Kier molecular flexibility index (Phi) is 52.5. The number of nitrogens with one attached hydrogen (secondary N) is 2. The van der Waals surface area contributed by atoms with Crippen LogP contribution in [-0.4, -0.2) is 283 Å². The van der Waals surface area contributed by atoms with Crippen molar-refractivity contribution < 1.29 is 106 Å². The van der Waals surface area contributed by atoms with E-state index in [-0.39, 0.29) is 111 Å². The maximum atomic E-state index is 12.9. The number of methoxy groups -OCH3 is 7. The first-order valence-electron chi connectivity index (χ1n) is 50.3. The minimum Gasteiger partial charge on any atom is -0.497 e. The molecular formula is C112H157N9O22. The van der Waals surface area contributed by atoms with Crippen LogP contribution in [0.15, 0.2) is 206 Å². The molecule has 13 rings (SSSR count). The Balaban J connectivity index is 0.000000240. The van der Waals surface area contributed by atoms with Crippen molar-refractivity contribution in [3.63, 3.8) is 0 Å². The van der Waals surface area contributed by atoms with E-state index in [4.69, 9.17) is 53.1 Å². The molecule has 0 aromatic heterocycles. The quantitative estimate of drug-likeness (QED) is 0.0174. The van der Waals surface area contributed by atoms with Gasteiger partial charge in [0.2, 0.25) is 30.4 Å². The molecule has 0 unspecified atom stereocenters. The monoisotopic (exact) mass is 1980 g/mol. The van der Waals surface area contributed by atoms with Gasteiger partial charge in [0.1, 0.15) is 34.5 Å². The smallest absolute Gasteiger partial charge is 0.308 e. The number of likely N-dealkylation sites (N-methyl/N-ethyl adjacent to an activating group) is 1. The maximum Gasteiger partial charge on any atom is 0.308 e. The van der Waals surface area contributed by atoms with E-state index in [2.05, 4.69) is 43.2 Å². The topological polar surface area (TPSA) is 379 Å². The molecule has 0 saturated carbocycles. The fourth-order valence-electron chi connectivity index (χ4n) is 19.1. The summed E-state index contributed by atoms with van der Waals surface area (Å²) < 4.78 is 52.6.